The van der Waals surface area contributed by atoms with Crippen molar-refractivity contribution in [1.82, 2.24) is 10.0 Å². The highest BCUT2D eigenvalue weighted by Gasteiger charge is 2.38. The standard InChI is InChI=1S/C19H37N3O5S/c1-19(2,3)21-17(23)16(13-14-9-5-4-6-10-14)28(26,27)22-15(18(24)25)11-7-8-12-20/h14-16,22H,4-13,20H2,1-3H3,(H,21,23)(H,24,25). The summed E-state index contributed by atoms with van der Waals surface area (Å²) in [4.78, 5) is 24.3. The van der Waals surface area contributed by atoms with E-state index in [0.717, 1.165) is 32.1 Å². The van der Waals surface area contributed by atoms with Crippen molar-refractivity contribution in [2.45, 2.75) is 95.4 Å². The summed E-state index contributed by atoms with van der Waals surface area (Å²) in [5.41, 5.74) is 4.85. The SMILES string of the molecule is CC(C)(C)NC(=O)C(CC1CCCCC1)S(=O)(=O)NC(CCCCN)C(=O)O. The highest BCUT2D eigenvalue weighted by atomic mass is 32.2. The van der Waals surface area contributed by atoms with Crippen LogP contribution in [-0.2, 0) is 19.6 Å². The van der Waals surface area contributed by atoms with E-state index in [1.165, 1.54) is 0 Å². The first-order valence-corrected chi connectivity index (χ1v) is 11.8. The number of nitrogens with one attached hydrogen (secondary N) is 2. The fourth-order valence-electron chi connectivity index (χ4n) is 3.56. The molecule has 164 valence electrons. The first kappa shape index (κ1) is 24.8. The predicted octanol–water partition coefficient (Wildman–Crippen LogP) is 1.74. The van der Waals surface area contributed by atoms with Crippen LogP contribution >= 0.6 is 0 Å². The van der Waals surface area contributed by atoms with E-state index in [0.29, 0.717) is 19.4 Å². The minimum atomic E-state index is -4.15. The summed E-state index contributed by atoms with van der Waals surface area (Å²) >= 11 is 0. The van der Waals surface area contributed by atoms with Gasteiger partial charge < -0.3 is 16.2 Å². The molecule has 5 N–H and O–H groups in total. The van der Waals surface area contributed by atoms with Crippen LogP contribution in [0.2, 0.25) is 0 Å². The molecule has 0 aliphatic heterocycles. The lowest BCUT2D eigenvalue weighted by Gasteiger charge is -2.29. The highest BCUT2D eigenvalue weighted by molar-refractivity contribution is 7.90. The maximum atomic E-state index is 13.0. The molecule has 0 aromatic heterocycles. The van der Waals surface area contributed by atoms with Gasteiger partial charge in [0.25, 0.3) is 0 Å². The van der Waals surface area contributed by atoms with Gasteiger partial charge in [-0.2, -0.15) is 0 Å². The van der Waals surface area contributed by atoms with Crippen LogP contribution in [0.3, 0.4) is 0 Å². The maximum Gasteiger partial charge on any atom is 0.321 e. The number of rotatable bonds is 11. The smallest absolute Gasteiger partial charge is 0.321 e. The Kier molecular flexibility index (Phi) is 9.86. The van der Waals surface area contributed by atoms with E-state index in [1.807, 2.05) is 0 Å². The van der Waals surface area contributed by atoms with Crippen molar-refractivity contribution in [3.05, 3.63) is 0 Å². The average Bonchev–Trinajstić information content (AvgIpc) is 2.58. The van der Waals surface area contributed by atoms with Crippen molar-refractivity contribution < 1.29 is 23.1 Å². The van der Waals surface area contributed by atoms with Crippen molar-refractivity contribution >= 4 is 21.9 Å². The molecule has 0 bridgehead atoms. The molecule has 9 heteroatoms. The zero-order chi connectivity index (χ0) is 21.4. The third-order valence-corrected chi connectivity index (χ3v) is 6.76. The van der Waals surface area contributed by atoms with Gasteiger partial charge in [0.15, 0.2) is 5.25 Å². The molecule has 0 radical (unpaired) electrons. The molecule has 1 rings (SSSR count). The molecule has 1 amide bonds. The first-order valence-electron chi connectivity index (χ1n) is 10.2. The molecule has 0 saturated heterocycles. The van der Waals surface area contributed by atoms with Crippen LogP contribution in [0, 0.1) is 5.92 Å². The fraction of sp³-hybridized carbons (Fsp3) is 0.895. The highest BCUT2D eigenvalue weighted by Crippen LogP contribution is 2.29. The summed E-state index contributed by atoms with van der Waals surface area (Å²) in [6.07, 6.45) is 6.45. The Morgan fingerprint density at radius 3 is 2.25 bits per heavy atom. The van der Waals surface area contributed by atoms with E-state index >= 15 is 0 Å². The van der Waals surface area contributed by atoms with E-state index in [9.17, 15) is 23.1 Å². The molecule has 8 nitrogen and oxygen atoms in total. The number of carboxylic acids is 1. The summed E-state index contributed by atoms with van der Waals surface area (Å²) in [5.74, 6) is -1.66. The van der Waals surface area contributed by atoms with Gasteiger partial charge in [0, 0.05) is 5.54 Å². The molecule has 1 aliphatic carbocycles. The Morgan fingerprint density at radius 2 is 1.75 bits per heavy atom. The summed E-state index contributed by atoms with van der Waals surface area (Å²) < 4.78 is 28.3. The van der Waals surface area contributed by atoms with E-state index in [-0.39, 0.29) is 18.8 Å². The lowest BCUT2D eigenvalue weighted by atomic mass is 9.86. The molecule has 0 aromatic rings. The molecule has 0 spiro atoms. The zero-order valence-electron chi connectivity index (χ0n) is 17.4. The topological polar surface area (TPSA) is 139 Å². The fourth-order valence-corrected chi connectivity index (χ4v) is 5.20. The predicted molar refractivity (Wildman–Crippen MR) is 109 cm³/mol. The third-order valence-electron chi connectivity index (χ3n) is 4.99. The number of unbranched alkanes of at least 4 members (excludes halogenated alkanes) is 1. The Morgan fingerprint density at radius 1 is 1.14 bits per heavy atom. The number of sulfonamides is 1. The third kappa shape index (κ3) is 8.87. The monoisotopic (exact) mass is 419 g/mol. The second-order valence-corrected chi connectivity index (χ2v) is 10.7. The molecule has 2 unspecified atom stereocenters. The number of carboxylic acid groups (broad SMARTS) is 1. The molecule has 1 saturated carbocycles. The molecule has 0 heterocycles. The number of amides is 1. The molecule has 1 fully saturated rings. The van der Waals surface area contributed by atoms with E-state index in [1.54, 1.807) is 20.8 Å². The number of carbonyl (C=O) groups is 2. The van der Waals surface area contributed by atoms with Gasteiger partial charge in [0.2, 0.25) is 15.9 Å². The van der Waals surface area contributed by atoms with Crippen LogP contribution in [-0.4, -0.2) is 48.8 Å². The Balaban J connectivity index is 2.99. The Labute approximate surface area is 169 Å². The number of nitrogens with two attached hydrogens (primary N) is 1. The van der Waals surface area contributed by atoms with E-state index in [4.69, 9.17) is 5.73 Å². The minimum absolute atomic E-state index is 0.142. The molecule has 1 aliphatic rings. The summed E-state index contributed by atoms with van der Waals surface area (Å²) in [5, 5.41) is 10.9. The van der Waals surface area contributed by atoms with Gasteiger partial charge in [-0.15, -0.1) is 0 Å². The molecule has 2 atom stereocenters. The normalized spacial score (nSPS) is 18.4. The van der Waals surface area contributed by atoms with Crippen LogP contribution in [0.25, 0.3) is 0 Å². The summed E-state index contributed by atoms with van der Waals surface area (Å²) in [7, 11) is -4.15. The molecular weight excluding hydrogens is 382 g/mol. The lowest BCUT2D eigenvalue weighted by molar-refractivity contribution is -0.139. The van der Waals surface area contributed by atoms with Crippen LogP contribution in [0.1, 0.15) is 78.6 Å². The second-order valence-electron chi connectivity index (χ2n) is 8.81. The van der Waals surface area contributed by atoms with Gasteiger partial charge >= 0.3 is 5.97 Å². The van der Waals surface area contributed by atoms with E-state index in [2.05, 4.69) is 10.0 Å². The lowest BCUT2D eigenvalue weighted by Crippen LogP contribution is -2.54. The maximum absolute atomic E-state index is 13.0. The van der Waals surface area contributed by atoms with Gasteiger partial charge in [0.05, 0.1) is 0 Å². The average molecular weight is 420 g/mol. The first-order chi connectivity index (χ1) is 13.0. The number of carbonyl (C=O) groups excluding carboxylic acids is 1. The van der Waals surface area contributed by atoms with Crippen LogP contribution < -0.4 is 15.8 Å². The number of aliphatic carboxylic acids is 1. The summed E-state index contributed by atoms with van der Waals surface area (Å²) in [6.45, 7) is 5.78. The van der Waals surface area contributed by atoms with Crippen molar-refractivity contribution in [2.75, 3.05) is 6.54 Å². The molecule has 28 heavy (non-hydrogen) atoms. The minimum Gasteiger partial charge on any atom is -0.480 e. The largest absolute Gasteiger partial charge is 0.480 e. The zero-order valence-corrected chi connectivity index (χ0v) is 18.2. The number of hydrogen-bond acceptors (Lipinski definition) is 5. The molecular formula is C19H37N3O5S. The van der Waals surface area contributed by atoms with Crippen LogP contribution in [0.15, 0.2) is 0 Å². The van der Waals surface area contributed by atoms with Gasteiger partial charge in [-0.3, -0.25) is 9.59 Å². The number of hydrogen-bond donors (Lipinski definition) is 4. The van der Waals surface area contributed by atoms with Crippen LogP contribution in [0.5, 0.6) is 0 Å². The van der Waals surface area contributed by atoms with E-state index < -0.39 is 38.7 Å². The second kappa shape index (κ2) is 11.1. The van der Waals surface area contributed by atoms with Crippen molar-refractivity contribution in [3.63, 3.8) is 0 Å². The Bertz CT molecular complexity index is 610. The molecule has 0 aromatic carbocycles. The van der Waals surface area contributed by atoms with Crippen molar-refractivity contribution in [3.8, 4) is 0 Å². The van der Waals surface area contributed by atoms with Gasteiger partial charge in [-0.25, -0.2) is 13.1 Å². The van der Waals surface area contributed by atoms with Gasteiger partial charge in [0.1, 0.15) is 6.04 Å². The Hall–Kier alpha value is -1.19. The quantitative estimate of drug-likeness (QED) is 0.376. The van der Waals surface area contributed by atoms with Gasteiger partial charge in [-0.05, 0) is 52.5 Å². The van der Waals surface area contributed by atoms with Crippen molar-refractivity contribution in [2.24, 2.45) is 11.7 Å². The van der Waals surface area contributed by atoms with Crippen LogP contribution in [0.4, 0.5) is 0 Å². The summed E-state index contributed by atoms with van der Waals surface area (Å²) in [6, 6.07) is -1.26. The van der Waals surface area contributed by atoms with Gasteiger partial charge in [-0.1, -0.05) is 38.5 Å². The van der Waals surface area contributed by atoms with Crippen molar-refractivity contribution in [1.29, 1.82) is 0 Å².